The highest BCUT2D eigenvalue weighted by Crippen LogP contribution is 2.47. The van der Waals surface area contributed by atoms with Crippen molar-refractivity contribution < 1.29 is 19.0 Å². The molecule has 1 N–H and O–H groups in total. The SMILES string of the molecule is CC(C)(C)OC(=O)N1CCC[C@H]1COc1cncc(N2CC3CC3C2)c1.c1ncc(N2CC3CC3C2)cc1OC[C@@H]1CCCN1. The van der Waals surface area contributed by atoms with Gasteiger partial charge in [0.15, 0.2) is 0 Å². The van der Waals surface area contributed by atoms with E-state index in [0.717, 1.165) is 86.5 Å². The van der Waals surface area contributed by atoms with Crippen molar-refractivity contribution in [1.29, 1.82) is 0 Å². The molecule has 2 aromatic rings. The topological polar surface area (TPSA) is 92.3 Å². The number of rotatable bonds is 8. The monoisotopic (exact) mass is 618 g/mol. The number of piperidine rings is 2. The molecule has 6 heterocycles. The Bertz CT molecular complexity index is 1310. The lowest BCUT2D eigenvalue weighted by Gasteiger charge is -2.28. The predicted octanol–water partition coefficient (Wildman–Crippen LogP) is 4.98. The van der Waals surface area contributed by atoms with Crippen LogP contribution < -0.4 is 24.6 Å². The summed E-state index contributed by atoms with van der Waals surface area (Å²) in [5.74, 6) is 5.37. The second-order valence-electron chi connectivity index (χ2n) is 15.0. The standard InChI is InChI=1S/C20H29N3O3.C15H21N3O/c1-20(2,3)26-19(24)23-6-4-5-16(23)13-25-18-8-17(9-21-10-18)22-11-14-7-15(14)12-22;1-2-13(17-3-1)10-19-15-5-14(6-16-7-15)18-8-11-4-12(11)9-18/h8-10,14-16H,4-7,11-13H2,1-3H3;5-7,11-13,17H,1-4,8-10H2/t14?,15?,16-;11?,12?,13-/m00/s1. The molecule has 0 bridgehead atoms. The van der Waals surface area contributed by atoms with E-state index in [9.17, 15) is 4.79 Å². The number of nitrogens with one attached hydrogen (secondary N) is 1. The molecule has 6 fully saturated rings. The van der Waals surface area contributed by atoms with Gasteiger partial charge in [-0.2, -0.15) is 0 Å². The third kappa shape index (κ3) is 7.76. The fraction of sp³-hybridized carbons (Fsp3) is 0.686. The lowest BCUT2D eigenvalue weighted by Crippen LogP contribution is -2.42. The molecule has 4 saturated heterocycles. The molecule has 2 aliphatic carbocycles. The molecule has 1 amide bonds. The minimum absolute atomic E-state index is 0.0629. The zero-order chi connectivity index (χ0) is 31.0. The second-order valence-corrected chi connectivity index (χ2v) is 15.0. The fourth-order valence-corrected chi connectivity index (χ4v) is 7.39. The molecule has 4 aliphatic heterocycles. The minimum atomic E-state index is -0.472. The van der Waals surface area contributed by atoms with Crippen molar-refractivity contribution in [2.24, 2.45) is 23.7 Å². The van der Waals surface area contributed by atoms with E-state index in [0.29, 0.717) is 12.6 Å². The molecule has 244 valence electrons. The van der Waals surface area contributed by atoms with Crippen molar-refractivity contribution in [1.82, 2.24) is 20.2 Å². The Balaban J connectivity index is 0.000000151. The van der Waals surface area contributed by atoms with Gasteiger partial charge in [-0.05, 0) is 89.5 Å². The van der Waals surface area contributed by atoms with Crippen molar-refractivity contribution in [3.63, 3.8) is 0 Å². The molecular formula is C35H50N6O4. The first-order chi connectivity index (χ1) is 21.8. The average molecular weight is 619 g/mol. The van der Waals surface area contributed by atoms with Crippen molar-refractivity contribution in [3.05, 3.63) is 36.9 Å². The Morgan fingerprint density at radius 2 is 1.40 bits per heavy atom. The van der Waals surface area contributed by atoms with Gasteiger partial charge in [0.05, 0.1) is 42.2 Å². The summed E-state index contributed by atoms with van der Waals surface area (Å²) in [6.45, 7) is 13.5. The van der Waals surface area contributed by atoms with Gasteiger partial charge in [-0.15, -0.1) is 0 Å². The van der Waals surface area contributed by atoms with E-state index in [1.807, 2.05) is 39.4 Å². The molecule has 2 aromatic heterocycles. The largest absolute Gasteiger partial charge is 0.490 e. The van der Waals surface area contributed by atoms with Gasteiger partial charge in [-0.25, -0.2) is 4.79 Å². The van der Waals surface area contributed by atoms with Crippen LogP contribution in [0.1, 0.15) is 59.3 Å². The summed E-state index contributed by atoms with van der Waals surface area (Å²) in [4.78, 5) is 27.7. The number of anilines is 2. The third-order valence-corrected chi connectivity index (χ3v) is 10.1. The highest BCUT2D eigenvalue weighted by molar-refractivity contribution is 5.69. The van der Waals surface area contributed by atoms with Crippen molar-refractivity contribution >= 4 is 17.5 Å². The van der Waals surface area contributed by atoms with Crippen LogP contribution in [0.3, 0.4) is 0 Å². The number of aromatic nitrogens is 2. The predicted molar refractivity (Wildman–Crippen MR) is 174 cm³/mol. The summed E-state index contributed by atoms with van der Waals surface area (Å²) in [5.41, 5.74) is 1.90. The summed E-state index contributed by atoms with van der Waals surface area (Å²) in [6, 6.07) is 4.80. The van der Waals surface area contributed by atoms with Crippen LogP contribution in [0.2, 0.25) is 0 Å². The van der Waals surface area contributed by atoms with Crippen LogP contribution in [-0.4, -0.2) is 91.1 Å². The first-order valence-electron chi connectivity index (χ1n) is 17.2. The lowest BCUT2D eigenvalue weighted by atomic mass is 10.2. The van der Waals surface area contributed by atoms with Crippen LogP contribution in [0.25, 0.3) is 0 Å². The Labute approximate surface area is 267 Å². The average Bonchev–Trinajstić information content (AvgIpc) is 3.55. The zero-order valence-electron chi connectivity index (χ0n) is 27.2. The van der Waals surface area contributed by atoms with Crippen molar-refractivity contribution in [2.45, 2.75) is 77.0 Å². The summed E-state index contributed by atoms with van der Waals surface area (Å²) in [6.07, 6.45) is 14.5. The molecule has 0 spiro atoms. The van der Waals surface area contributed by atoms with E-state index >= 15 is 0 Å². The molecule has 6 atom stereocenters. The number of carbonyl (C=O) groups excluding carboxylic acids is 1. The number of ether oxygens (including phenoxy) is 3. The van der Waals surface area contributed by atoms with Gasteiger partial charge < -0.3 is 34.2 Å². The maximum absolute atomic E-state index is 12.4. The number of pyridine rings is 2. The highest BCUT2D eigenvalue weighted by atomic mass is 16.6. The normalized spacial score (nSPS) is 29.5. The first-order valence-corrected chi connectivity index (χ1v) is 17.2. The van der Waals surface area contributed by atoms with Crippen LogP contribution >= 0.6 is 0 Å². The number of fused-ring (bicyclic) bond motifs is 2. The Hall–Kier alpha value is -3.27. The molecule has 10 nitrogen and oxygen atoms in total. The van der Waals surface area contributed by atoms with Crippen LogP contribution in [0.4, 0.5) is 16.2 Å². The third-order valence-electron chi connectivity index (χ3n) is 10.1. The minimum Gasteiger partial charge on any atom is -0.490 e. The Morgan fingerprint density at radius 3 is 1.93 bits per heavy atom. The quantitative estimate of drug-likeness (QED) is 0.440. The van der Waals surface area contributed by atoms with E-state index in [1.165, 1.54) is 44.5 Å². The molecular weight excluding hydrogens is 568 g/mol. The van der Waals surface area contributed by atoms with Crippen LogP contribution in [0.15, 0.2) is 36.9 Å². The van der Waals surface area contributed by atoms with Crippen LogP contribution in [-0.2, 0) is 4.74 Å². The second kappa shape index (κ2) is 12.9. The molecule has 0 radical (unpaired) electrons. The summed E-state index contributed by atoms with van der Waals surface area (Å²) >= 11 is 0. The van der Waals surface area contributed by atoms with E-state index in [4.69, 9.17) is 14.2 Å². The zero-order valence-corrected chi connectivity index (χ0v) is 27.2. The van der Waals surface area contributed by atoms with Gasteiger partial charge in [-0.3, -0.25) is 9.97 Å². The smallest absolute Gasteiger partial charge is 0.410 e. The summed E-state index contributed by atoms with van der Waals surface area (Å²) < 4.78 is 17.4. The Morgan fingerprint density at radius 1 is 0.822 bits per heavy atom. The maximum Gasteiger partial charge on any atom is 0.410 e. The lowest BCUT2D eigenvalue weighted by molar-refractivity contribution is 0.0187. The summed E-state index contributed by atoms with van der Waals surface area (Å²) in [5, 5.41) is 3.45. The summed E-state index contributed by atoms with van der Waals surface area (Å²) in [7, 11) is 0. The fourth-order valence-electron chi connectivity index (χ4n) is 7.39. The highest BCUT2D eigenvalue weighted by Gasteiger charge is 2.46. The van der Waals surface area contributed by atoms with E-state index in [-0.39, 0.29) is 12.1 Å². The maximum atomic E-state index is 12.4. The van der Waals surface area contributed by atoms with Gasteiger partial charge in [0, 0.05) is 50.9 Å². The van der Waals surface area contributed by atoms with Gasteiger partial charge in [-0.1, -0.05) is 0 Å². The number of amides is 1. The molecule has 10 heteroatoms. The van der Waals surface area contributed by atoms with E-state index in [2.05, 4.69) is 37.2 Å². The molecule has 6 aliphatic rings. The molecule has 45 heavy (non-hydrogen) atoms. The Kier molecular flexibility index (Phi) is 8.68. The van der Waals surface area contributed by atoms with Gasteiger partial charge in [0.25, 0.3) is 0 Å². The van der Waals surface area contributed by atoms with E-state index in [1.54, 1.807) is 11.1 Å². The molecule has 8 rings (SSSR count). The van der Waals surface area contributed by atoms with Crippen LogP contribution in [0, 0.1) is 23.7 Å². The number of likely N-dealkylation sites (tertiary alicyclic amines) is 1. The molecule has 0 aromatic carbocycles. The van der Waals surface area contributed by atoms with Gasteiger partial charge >= 0.3 is 6.09 Å². The van der Waals surface area contributed by atoms with Gasteiger partial charge in [0.1, 0.15) is 30.3 Å². The molecule has 4 unspecified atom stereocenters. The van der Waals surface area contributed by atoms with E-state index < -0.39 is 5.60 Å². The molecule has 2 saturated carbocycles. The van der Waals surface area contributed by atoms with Crippen LogP contribution in [0.5, 0.6) is 11.5 Å². The number of hydrogen-bond donors (Lipinski definition) is 1. The van der Waals surface area contributed by atoms with Crippen molar-refractivity contribution in [2.75, 3.05) is 62.3 Å². The number of hydrogen-bond acceptors (Lipinski definition) is 9. The number of carbonyl (C=O) groups is 1. The van der Waals surface area contributed by atoms with Gasteiger partial charge in [0.2, 0.25) is 0 Å². The number of nitrogens with zero attached hydrogens (tertiary/aromatic N) is 5. The first kappa shape index (κ1) is 30.4. The van der Waals surface area contributed by atoms with Crippen molar-refractivity contribution in [3.8, 4) is 11.5 Å².